The molecule has 0 unspecified atom stereocenters. The predicted molar refractivity (Wildman–Crippen MR) is 83.8 cm³/mol. The first kappa shape index (κ1) is 14.6. The van der Waals surface area contributed by atoms with Crippen molar-refractivity contribution in [2.24, 2.45) is 0 Å². The van der Waals surface area contributed by atoms with E-state index in [9.17, 15) is 4.79 Å². The highest BCUT2D eigenvalue weighted by atomic mass is 16.5. The maximum Gasteiger partial charge on any atom is 0.361 e. The molecule has 0 saturated carbocycles. The number of nitrogens with zero attached hydrogens (tertiary/aromatic N) is 3. The number of hydrogen-bond donors (Lipinski definition) is 1. The van der Waals surface area contributed by atoms with Crippen LogP contribution in [0.3, 0.4) is 0 Å². The Kier molecular flexibility index (Phi) is 4.37. The first-order valence-corrected chi connectivity index (χ1v) is 7.73. The van der Waals surface area contributed by atoms with E-state index in [2.05, 4.69) is 26.4 Å². The lowest BCUT2D eigenvalue weighted by molar-refractivity contribution is 0.0520. The second-order valence-corrected chi connectivity index (χ2v) is 5.31. The van der Waals surface area contributed by atoms with Crippen LogP contribution in [0, 0.1) is 0 Å². The Morgan fingerprint density at radius 2 is 2.00 bits per heavy atom. The largest absolute Gasteiger partial charge is 0.461 e. The Labute approximate surface area is 129 Å². The fourth-order valence-electron chi connectivity index (χ4n) is 2.84. The van der Waals surface area contributed by atoms with Crippen LogP contribution in [-0.4, -0.2) is 41.1 Å². The minimum Gasteiger partial charge on any atom is -0.461 e. The zero-order valence-corrected chi connectivity index (χ0v) is 12.7. The van der Waals surface area contributed by atoms with Crippen LogP contribution in [0.4, 0.5) is 5.69 Å². The van der Waals surface area contributed by atoms with Crippen LogP contribution in [0.15, 0.2) is 24.3 Å². The number of esters is 1. The number of aromatic nitrogens is 3. The minimum atomic E-state index is -0.445. The molecule has 1 saturated heterocycles. The normalized spacial score (nSPS) is 14.9. The van der Waals surface area contributed by atoms with Crippen molar-refractivity contribution in [3.05, 3.63) is 30.0 Å². The van der Waals surface area contributed by atoms with E-state index in [1.165, 1.54) is 19.3 Å². The fraction of sp³-hybridized carbons (Fsp3) is 0.438. The van der Waals surface area contributed by atoms with E-state index in [1.54, 1.807) is 6.92 Å². The monoisotopic (exact) mass is 300 g/mol. The highest BCUT2D eigenvalue weighted by Gasteiger charge is 2.23. The van der Waals surface area contributed by atoms with Crippen LogP contribution in [0.2, 0.25) is 0 Å². The standard InChI is InChI=1S/C16H20N4O2/c1-2-22-16(21)15-14(17-19-18-15)12-8-4-5-9-13(12)20-10-6-3-7-11-20/h4-5,8-9H,2-3,6-7,10-11H2,1H3,(H,17,18,19). The lowest BCUT2D eigenvalue weighted by atomic mass is 10.0. The number of carbonyl (C=O) groups excluding carboxylic acids is 1. The summed E-state index contributed by atoms with van der Waals surface area (Å²) >= 11 is 0. The fourth-order valence-corrected chi connectivity index (χ4v) is 2.84. The quantitative estimate of drug-likeness (QED) is 0.879. The molecular formula is C16H20N4O2. The molecule has 2 heterocycles. The molecular weight excluding hydrogens is 280 g/mol. The number of carbonyl (C=O) groups is 1. The van der Waals surface area contributed by atoms with Crippen LogP contribution in [0.1, 0.15) is 36.7 Å². The van der Waals surface area contributed by atoms with Crippen LogP contribution >= 0.6 is 0 Å². The molecule has 0 spiro atoms. The van der Waals surface area contributed by atoms with Gasteiger partial charge in [0.2, 0.25) is 0 Å². The molecule has 0 aliphatic carbocycles. The Balaban J connectivity index is 1.99. The summed E-state index contributed by atoms with van der Waals surface area (Å²) in [5.41, 5.74) is 2.81. The highest BCUT2D eigenvalue weighted by molar-refractivity contribution is 5.96. The summed E-state index contributed by atoms with van der Waals surface area (Å²) in [6.07, 6.45) is 3.66. The van der Waals surface area contributed by atoms with Crippen molar-refractivity contribution in [2.75, 3.05) is 24.6 Å². The molecule has 1 aliphatic rings. The summed E-state index contributed by atoms with van der Waals surface area (Å²) in [5.74, 6) is -0.445. The maximum absolute atomic E-state index is 12.0. The Hall–Kier alpha value is -2.37. The first-order valence-electron chi connectivity index (χ1n) is 7.73. The Bertz CT molecular complexity index is 647. The van der Waals surface area contributed by atoms with Gasteiger partial charge in [0.15, 0.2) is 5.69 Å². The number of rotatable bonds is 4. The van der Waals surface area contributed by atoms with Gasteiger partial charge in [-0.15, -0.1) is 5.10 Å². The van der Waals surface area contributed by atoms with Gasteiger partial charge in [-0.3, -0.25) is 0 Å². The SMILES string of the molecule is CCOC(=O)c1n[nH]nc1-c1ccccc1N1CCCCC1. The van der Waals surface area contributed by atoms with Crippen molar-refractivity contribution < 1.29 is 9.53 Å². The molecule has 1 fully saturated rings. The lowest BCUT2D eigenvalue weighted by Gasteiger charge is -2.30. The summed E-state index contributed by atoms with van der Waals surface area (Å²) in [4.78, 5) is 14.4. The number of H-pyrrole nitrogens is 1. The molecule has 1 N–H and O–H groups in total. The number of nitrogens with one attached hydrogen (secondary N) is 1. The zero-order chi connectivity index (χ0) is 15.4. The number of anilines is 1. The smallest absolute Gasteiger partial charge is 0.361 e. The average Bonchev–Trinajstić information content (AvgIpc) is 3.05. The topological polar surface area (TPSA) is 71.1 Å². The summed E-state index contributed by atoms with van der Waals surface area (Å²) in [7, 11) is 0. The van der Waals surface area contributed by atoms with Crippen molar-refractivity contribution in [2.45, 2.75) is 26.2 Å². The third kappa shape index (κ3) is 2.81. The Morgan fingerprint density at radius 3 is 2.77 bits per heavy atom. The van der Waals surface area contributed by atoms with Crippen LogP contribution in [-0.2, 0) is 4.74 Å². The predicted octanol–water partition coefficient (Wildman–Crippen LogP) is 2.64. The van der Waals surface area contributed by atoms with Gasteiger partial charge in [-0.1, -0.05) is 18.2 Å². The zero-order valence-electron chi connectivity index (χ0n) is 12.7. The first-order chi connectivity index (χ1) is 10.8. The summed E-state index contributed by atoms with van der Waals surface area (Å²) in [5, 5.41) is 10.7. The van der Waals surface area contributed by atoms with Gasteiger partial charge >= 0.3 is 5.97 Å². The molecule has 2 aromatic rings. The number of hydrogen-bond acceptors (Lipinski definition) is 5. The molecule has 1 aromatic heterocycles. The third-order valence-corrected chi connectivity index (χ3v) is 3.87. The molecule has 0 bridgehead atoms. The maximum atomic E-state index is 12.0. The van der Waals surface area contributed by atoms with Crippen molar-refractivity contribution >= 4 is 11.7 Å². The summed E-state index contributed by atoms with van der Waals surface area (Å²) in [6, 6.07) is 8.01. The van der Waals surface area contributed by atoms with Gasteiger partial charge in [-0.2, -0.15) is 10.3 Å². The van der Waals surface area contributed by atoms with Gasteiger partial charge in [0.05, 0.1) is 6.61 Å². The third-order valence-electron chi connectivity index (χ3n) is 3.87. The van der Waals surface area contributed by atoms with Crippen LogP contribution < -0.4 is 4.90 Å². The molecule has 1 aromatic carbocycles. The average molecular weight is 300 g/mol. The van der Waals surface area contributed by atoms with Crippen LogP contribution in [0.25, 0.3) is 11.3 Å². The van der Waals surface area contributed by atoms with Crippen molar-refractivity contribution in [1.82, 2.24) is 15.4 Å². The molecule has 22 heavy (non-hydrogen) atoms. The van der Waals surface area contributed by atoms with Gasteiger partial charge in [0.1, 0.15) is 5.69 Å². The van der Waals surface area contributed by atoms with E-state index in [0.717, 1.165) is 24.3 Å². The highest BCUT2D eigenvalue weighted by Crippen LogP contribution is 2.32. The summed E-state index contributed by atoms with van der Waals surface area (Å²) < 4.78 is 5.06. The van der Waals surface area contributed by atoms with Crippen molar-refractivity contribution in [1.29, 1.82) is 0 Å². The number of piperidine rings is 1. The minimum absolute atomic E-state index is 0.242. The van der Waals surface area contributed by atoms with Gasteiger partial charge in [0, 0.05) is 24.3 Å². The van der Waals surface area contributed by atoms with Gasteiger partial charge < -0.3 is 9.64 Å². The molecule has 3 rings (SSSR count). The van der Waals surface area contributed by atoms with E-state index >= 15 is 0 Å². The molecule has 6 nitrogen and oxygen atoms in total. The molecule has 116 valence electrons. The number of para-hydroxylation sites is 1. The second-order valence-electron chi connectivity index (χ2n) is 5.31. The van der Waals surface area contributed by atoms with E-state index in [1.807, 2.05) is 18.2 Å². The number of benzene rings is 1. The molecule has 1 aliphatic heterocycles. The van der Waals surface area contributed by atoms with Gasteiger partial charge in [-0.25, -0.2) is 4.79 Å². The molecule has 0 amide bonds. The van der Waals surface area contributed by atoms with E-state index in [-0.39, 0.29) is 5.69 Å². The molecule has 6 heteroatoms. The Morgan fingerprint density at radius 1 is 1.23 bits per heavy atom. The number of ether oxygens (including phenoxy) is 1. The lowest BCUT2D eigenvalue weighted by Crippen LogP contribution is -2.29. The van der Waals surface area contributed by atoms with E-state index in [0.29, 0.717) is 12.3 Å². The van der Waals surface area contributed by atoms with Crippen LogP contribution in [0.5, 0.6) is 0 Å². The van der Waals surface area contributed by atoms with E-state index in [4.69, 9.17) is 4.74 Å². The molecule has 0 atom stereocenters. The summed E-state index contributed by atoms with van der Waals surface area (Å²) in [6.45, 7) is 4.16. The van der Waals surface area contributed by atoms with E-state index < -0.39 is 5.97 Å². The van der Waals surface area contributed by atoms with Crippen molar-refractivity contribution in [3.8, 4) is 11.3 Å². The molecule has 0 radical (unpaired) electrons. The van der Waals surface area contributed by atoms with Gasteiger partial charge in [-0.05, 0) is 32.3 Å². The van der Waals surface area contributed by atoms with Gasteiger partial charge in [0.25, 0.3) is 0 Å². The number of aromatic amines is 1. The second kappa shape index (κ2) is 6.60. The van der Waals surface area contributed by atoms with Crippen molar-refractivity contribution in [3.63, 3.8) is 0 Å².